The molecule has 0 spiro atoms. The van der Waals surface area contributed by atoms with E-state index >= 15 is 0 Å². The highest BCUT2D eigenvalue weighted by molar-refractivity contribution is 9.10. The van der Waals surface area contributed by atoms with Gasteiger partial charge < -0.3 is 11.1 Å². The Morgan fingerprint density at radius 1 is 1.37 bits per heavy atom. The first kappa shape index (κ1) is 18.8. The minimum atomic E-state index is -0.484. The molecule has 0 heterocycles. The normalized spacial score (nSPS) is 10.7. The second kappa shape index (κ2) is 8.84. The average Bonchev–Trinajstić information content (AvgIpc) is 2.32. The predicted molar refractivity (Wildman–Crippen MR) is 88.0 cm³/mol. The lowest BCUT2D eigenvalue weighted by atomic mass is 10.2. The summed E-state index contributed by atoms with van der Waals surface area (Å²) in [5.41, 5.74) is 5.40. The summed E-state index contributed by atoms with van der Waals surface area (Å²) in [6.07, 6.45) is 0.810. The number of amides is 1. The van der Waals surface area contributed by atoms with Crippen LogP contribution in [0.5, 0.6) is 0 Å². The van der Waals surface area contributed by atoms with Gasteiger partial charge in [0.2, 0.25) is 5.91 Å². The third-order valence-corrected chi connectivity index (χ3v) is 4.13. The molecule has 0 atom stereocenters. The van der Waals surface area contributed by atoms with Gasteiger partial charge in [-0.1, -0.05) is 15.9 Å². The maximum Gasteiger partial charge on any atom is 0.236 e. The molecule has 0 saturated carbocycles. The molecule has 0 radical (unpaired) electrons. The zero-order valence-corrected chi connectivity index (χ0v) is 14.3. The van der Waals surface area contributed by atoms with Crippen LogP contribution in [0.1, 0.15) is 20.3 Å². The minimum Gasteiger partial charge on any atom is -0.355 e. The zero-order chi connectivity index (χ0) is 13.6. The Hall–Kier alpha value is -0.230. The number of nitrogens with one attached hydrogen (secondary N) is 1. The van der Waals surface area contributed by atoms with Crippen molar-refractivity contribution in [3.63, 3.8) is 0 Å². The van der Waals surface area contributed by atoms with Crippen LogP contribution in [0.25, 0.3) is 0 Å². The Balaban J connectivity index is 0.00000324. The largest absolute Gasteiger partial charge is 0.355 e. The van der Waals surface area contributed by atoms with Crippen LogP contribution in [-0.2, 0) is 4.79 Å². The number of nitrogens with two attached hydrogens (primary N) is 1. The SMILES string of the molecule is CC(C)(Sc1ccc(Br)cc1)C(=O)NCCCN.Cl. The Labute approximate surface area is 133 Å². The molecule has 108 valence electrons. The smallest absolute Gasteiger partial charge is 0.236 e. The van der Waals surface area contributed by atoms with Crippen molar-refractivity contribution in [3.8, 4) is 0 Å². The van der Waals surface area contributed by atoms with Crippen molar-refractivity contribution in [2.24, 2.45) is 5.73 Å². The lowest BCUT2D eigenvalue weighted by Gasteiger charge is -2.23. The Morgan fingerprint density at radius 2 is 1.95 bits per heavy atom. The second-order valence-corrected chi connectivity index (χ2v) is 7.08. The van der Waals surface area contributed by atoms with Crippen molar-refractivity contribution in [2.45, 2.75) is 29.9 Å². The first-order valence-electron chi connectivity index (χ1n) is 5.88. The molecule has 0 fully saturated rings. The van der Waals surface area contributed by atoms with Crippen molar-refractivity contribution in [3.05, 3.63) is 28.7 Å². The first-order valence-corrected chi connectivity index (χ1v) is 7.49. The van der Waals surface area contributed by atoms with E-state index in [9.17, 15) is 4.79 Å². The van der Waals surface area contributed by atoms with Gasteiger partial charge in [0.15, 0.2) is 0 Å². The van der Waals surface area contributed by atoms with Gasteiger partial charge in [-0.05, 0) is 51.1 Å². The van der Waals surface area contributed by atoms with Gasteiger partial charge in [-0.25, -0.2) is 0 Å². The van der Waals surface area contributed by atoms with E-state index in [2.05, 4.69) is 21.2 Å². The van der Waals surface area contributed by atoms with Gasteiger partial charge in [-0.2, -0.15) is 0 Å². The summed E-state index contributed by atoms with van der Waals surface area (Å²) in [6, 6.07) is 7.96. The number of thioether (sulfide) groups is 1. The van der Waals surface area contributed by atoms with E-state index in [-0.39, 0.29) is 18.3 Å². The summed E-state index contributed by atoms with van der Waals surface area (Å²) in [4.78, 5) is 13.1. The summed E-state index contributed by atoms with van der Waals surface area (Å²) in [7, 11) is 0. The topological polar surface area (TPSA) is 55.1 Å². The van der Waals surface area contributed by atoms with Crippen molar-refractivity contribution in [1.82, 2.24) is 5.32 Å². The van der Waals surface area contributed by atoms with Crippen LogP contribution < -0.4 is 11.1 Å². The molecule has 0 unspecified atom stereocenters. The number of carbonyl (C=O) groups is 1. The van der Waals surface area contributed by atoms with Crippen LogP contribution in [-0.4, -0.2) is 23.7 Å². The maximum atomic E-state index is 12.0. The summed E-state index contributed by atoms with van der Waals surface area (Å²) in [6.45, 7) is 5.09. The van der Waals surface area contributed by atoms with E-state index < -0.39 is 4.75 Å². The molecule has 1 aromatic rings. The first-order chi connectivity index (χ1) is 8.45. The lowest BCUT2D eigenvalue weighted by Crippen LogP contribution is -2.40. The summed E-state index contributed by atoms with van der Waals surface area (Å²) in [5.74, 6) is 0.0452. The summed E-state index contributed by atoms with van der Waals surface area (Å²) < 4.78 is 0.555. The summed E-state index contributed by atoms with van der Waals surface area (Å²) >= 11 is 4.95. The predicted octanol–water partition coefficient (Wildman–Crippen LogP) is 3.21. The number of hydrogen-bond donors (Lipinski definition) is 2. The van der Waals surface area contributed by atoms with Crippen molar-refractivity contribution >= 4 is 46.0 Å². The quantitative estimate of drug-likeness (QED) is 0.599. The third kappa shape index (κ3) is 6.65. The Kier molecular flexibility index (Phi) is 8.74. The van der Waals surface area contributed by atoms with E-state index in [0.29, 0.717) is 13.1 Å². The monoisotopic (exact) mass is 366 g/mol. The molecule has 0 aromatic heterocycles. The van der Waals surface area contributed by atoms with Gasteiger partial charge in [0.1, 0.15) is 0 Å². The highest BCUT2D eigenvalue weighted by Crippen LogP contribution is 2.33. The Bertz CT molecular complexity index is 398. The van der Waals surface area contributed by atoms with E-state index in [1.807, 2.05) is 38.1 Å². The molecule has 1 aromatic carbocycles. The molecule has 0 aliphatic rings. The van der Waals surface area contributed by atoms with Crippen molar-refractivity contribution in [2.75, 3.05) is 13.1 Å². The third-order valence-electron chi connectivity index (χ3n) is 2.40. The molecule has 0 aliphatic heterocycles. The number of benzene rings is 1. The van der Waals surface area contributed by atoms with Gasteiger partial charge in [0, 0.05) is 15.9 Å². The van der Waals surface area contributed by atoms with Crippen LogP contribution in [0, 0.1) is 0 Å². The van der Waals surface area contributed by atoms with Gasteiger partial charge in [-0.3, -0.25) is 4.79 Å². The zero-order valence-electron chi connectivity index (χ0n) is 11.1. The molecule has 0 aliphatic carbocycles. The van der Waals surface area contributed by atoms with Gasteiger partial charge in [0.05, 0.1) is 4.75 Å². The fourth-order valence-corrected chi connectivity index (χ4v) is 2.65. The molecule has 1 rings (SSSR count). The highest BCUT2D eigenvalue weighted by atomic mass is 79.9. The maximum absolute atomic E-state index is 12.0. The van der Waals surface area contributed by atoms with Gasteiger partial charge >= 0.3 is 0 Å². The van der Waals surface area contributed by atoms with E-state index in [1.165, 1.54) is 0 Å². The van der Waals surface area contributed by atoms with Crippen molar-refractivity contribution < 1.29 is 4.79 Å². The fourth-order valence-electron chi connectivity index (χ4n) is 1.36. The summed E-state index contributed by atoms with van der Waals surface area (Å²) in [5, 5.41) is 2.91. The number of hydrogen-bond acceptors (Lipinski definition) is 3. The second-order valence-electron chi connectivity index (χ2n) is 4.46. The molecule has 1 amide bonds. The highest BCUT2D eigenvalue weighted by Gasteiger charge is 2.28. The molecule has 3 N–H and O–H groups in total. The van der Waals surface area contributed by atoms with Crippen molar-refractivity contribution in [1.29, 1.82) is 0 Å². The molecule has 19 heavy (non-hydrogen) atoms. The fraction of sp³-hybridized carbons (Fsp3) is 0.462. The lowest BCUT2D eigenvalue weighted by molar-refractivity contribution is -0.122. The van der Waals surface area contributed by atoms with Crippen LogP contribution in [0.15, 0.2) is 33.6 Å². The molecular formula is C13H20BrClN2OS. The molecule has 0 saturated heterocycles. The molecule has 6 heteroatoms. The molecule has 0 bridgehead atoms. The molecule has 3 nitrogen and oxygen atoms in total. The minimum absolute atomic E-state index is 0. The standard InChI is InChI=1S/C13H19BrN2OS.ClH/c1-13(2,12(17)16-9-3-8-15)18-11-6-4-10(14)5-7-11;/h4-7H,3,8-9,15H2,1-2H3,(H,16,17);1H. The van der Waals surface area contributed by atoms with Crippen LogP contribution >= 0.6 is 40.1 Å². The number of rotatable bonds is 6. The molecular weight excluding hydrogens is 348 g/mol. The Morgan fingerprint density at radius 3 is 2.47 bits per heavy atom. The van der Waals surface area contributed by atoms with Crippen LogP contribution in [0.3, 0.4) is 0 Å². The van der Waals surface area contributed by atoms with Crippen LogP contribution in [0.4, 0.5) is 0 Å². The van der Waals surface area contributed by atoms with E-state index in [0.717, 1.165) is 15.8 Å². The number of halogens is 2. The average molecular weight is 368 g/mol. The van der Waals surface area contributed by atoms with E-state index in [1.54, 1.807) is 11.8 Å². The number of carbonyl (C=O) groups excluding carboxylic acids is 1. The van der Waals surface area contributed by atoms with Crippen LogP contribution in [0.2, 0.25) is 0 Å². The van der Waals surface area contributed by atoms with Gasteiger partial charge in [0.25, 0.3) is 0 Å². The van der Waals surface area contributed by atoms with Gasteiger partial charge in [-0.15, -0.1) is 24.2 Å². The van der Waals surface area contributed by atoms with E-state index in [4.69, 9.17) is 5.73 Å².